The predicted octanol–water partition coefficient (Wildman–Crippen LogP) is 4.23. The summed E-state index contributed by atoms with van der Waals surface area (Å²) in [5.41, 5.74) is 0.560. The van der Waals surface area contributed by atoms with Crippen molar-refractivity contribution in [3.8, 4) is 0 Å². The summed E-state index contributed by atoms with van der Waals surface area (Å²) in [6, 6.07) is 13.7. The number of H-pyrrole nitrogens is 1. The summed E-state index contributed by atoms with van der Waals surface area (Å²) in [4.78, 5) is 47.6. The molecule has 1 aromatic heterocycles. The fourth-order valence-electron chi connectivity index (χ4n) is 6.00. The normalized spacial score (nSPS) is 23.7. The molecule has 40 heavy (non-hydrogen) atoms. The van der Waals surface area contributed by atoms with Crippen LogP contribution in [0.2, 0.25) is 0 Å². The second-order valence-electron chi connectivity index (χ2n) is 11.8. The number of aliphatic hydroxyl groups is 1. The number of anilines is 1. The van der Waals surface area contributed by atoms with Crippen LogP contribution in [0.4, 0.5) is 5.69 Å². The molecule has 204 valence electrons. The summed E-state index contributed by atoms with van der Waals surface area (Å²) in [5.74, 6) is -1.45. The van der Waals surface area contributed by atoms with E-state index >= 15 is 0 Å². The van der Waals surface area contributed by atoms with Gasteiger partial charge in [0.25, 0.3) is 17.7 Å². The highest BCUT2D eigenvalue weighted by Crippen LogP contribution is 2.47. The molecule has 3 aromatic rings. The van der Waals surface area contributed by atoms with E-state index < -0.39 is 40.3 Å². The van der Waals surface area contributed by atoms with Crippen LogP contribution < -0.4 is 10.2 Å². The van der Waals surface area contributed by atoms with Crippen LogP contribution in [0.25, 0.3) is 17.0 Å². The van der Waals surface area contributed by atoms with Gasteiger partial charge in [-0.1, -0.05) is 62.4 Å². The maximum atomic E-state index is 13.9. The van der Waals surface area contributed by atoms with Gasteiger partial charge in [0.1, 0.15) is 11.7 Å². The molecule has 8 nitrogen and oxygen atoms in total. The van der Waals surface area contributed by atoms with Crippen LogP contribution in [0.3, 0.4) is 0 Å². The number of allylic oxidation sites excluding steroid dienone is 1. The number of carbonyl (C=O) groups excluding carboxylic acids is 3. The highest BCUT2D eigenvalue weighted by atomic mass is 16.3. The van der Waals surface area contributed by atoms with E-state index in [1.54, 1.807) is 42.6 Å². The molecule has 1 fully saturated rings. The molecule has 3 aliphatic rings. The largest absolute Gasteiger partial charge is 0.375 e. The van der Waals surface area contributed by atoms with E-state index in [1.165, 1.54) is 9.80 Å². The number of fused-ring (bicyclic) bond motifs is 5. The Morgan fingerprint density at radius 2 is 1.77 bits per heavy atom. The minimum absolute atomic E-state index is 0.179. The Bertz CT molecular complexity index is 1680. The summed E-state index contributed by atoms with van der Waals surface area (Å²) < 4.78 is 0. The number of rotatable bonds is 4. The van der Waals surface area contributed by atoms with E-state index in [-0.39, 0.29) is 12.1 Å². The average Bonchev–Trinajstić information content (AvgIpc) is 3.39. The molecular formula is C32H32N4O4. The van der Waals surface area contributed by atoms with Crippen molar-refractivity contribution in [3.63, 3.8) is 0 Å². The number of benzene rings is 2. The number of hydrogen-bond donors (Lipinski definition) is 3. The number of piperazine rings is 1. The van der Waals surface area contributed by atoms with Gasteiger partial charge in [-0.2, -0.15) is 0 Å². The number of nitrogens with one attached hydrogen (secondary N) is 2. The highest BCUT2D eigenvalue weighted by molar-refractivity contribution is 6.11. The van der Waals surface area contributed by atoms with E-state index in [1.807, 2.05) is 58.0 Å². The zero-order valence-corrected chi connectivity index (χ0v) is 23.0. The smallest absolute Gasteiger partial charge is 0.269 e. The van der Waals surface area contributed by atoms with Crippen molar-refractivity contribution in [1.82, 2.24) is 15.2 Å². The number of hydrogen-bond acceptors (Lipinski definition) is 4. The Balaban J connectivity index is 1.41. The third kappa shape index (κ3) is 3.59. The Kier molecular flexibility index (Phi) is 5.51. The van der Waals surface area contributed by atoms with Crippen LogP contribution in [-0.2, 0) is 25.4 Å². The maximum Gasteiger partial charge on any atom is 0.269 e. The molecule has 0 radical (unpaired) electrons. The molecule has 4 heterocycles. The van der Waals surface area contributed by atoms with Gasteiger partial charge in [-0.3, -0.25) is 19.3 Å². The molecule has 8 heteroatoms. The molecule has 1 saturated heterocycles. The SMILES string of the molecule is C=CC(C)(C)N1C(=O)C(O)(C[C@@H]2NC(=O)C3=Cc4c([nH]c5ccccc45)C(C)(C)C=CN3C2=O)c2ccccc21. The predicted molar refractivity (Wildman–Crippen MR) is 154 cm³/mol. The Morgan fingerprint density at radius 3 is 2.52 bits per heavy atom. The number of aromatic amines is 1. The molecule has 3 amide bonds. The van der Waals surface area contributed by atoms with Crippen LogP contribution in [0.5, 0.6) is 0 Å². The topological polar surface area (TPSA) is 106 Å². The summed E-state index contributed by atoms with van der Waals surface area (Å²) in [6.07, 6.45) is 6.58. The second kappa shape index (κ2) is 8.53. The first kappa shape index (κ1) is 25.8. The molecule has 3 aliphatic heterocycles. The van der Waals surface area contributed by atoms with Gasteiger partial charge in [-0.15, -0.1) is 6.58 Å². The molecule has 1 unspecified atom stereocenters. The van der Waals surface area contributed by atoms with Gasteiger partial charge in [0.15, 0.2) is 5.60 Å². The van der Waals surface area contributed by atoms with Crippen molar-refractivity contribution in [3.05, 3.63) is 96.0 Å². The lowest BCUT2D eigenvalue weighted by Gasteiger charge is -2.37. The van der Waals surface area contributed by atoms with E-state index in [4.69, 9.17) is 0 Å². The number of carbonyl (C=O) groups is 3. The first-order valence-electron chi connectivity index (χ1n) is 13.4. The summed E-state index contributed by atoms with van der Waals surface area (Å²) >= 11 is 0. The van der Waals surface area contributed by atoms with Crippen LogP contribution in [0.1, 0.15) is 50.9 Å². The highest BCUT2D eigenvalue weighted by Gasteiger charge is 2.55. The molecule has 2 aromatic carbocycles. The molecule has 0 spiro atoms. The number of aromatic nitrogens is 1. The maximum absolute atomic E-state index is 13.9. The van der Waals surface area contributed by atoms with E-state index in [0.717, 1.165) is 22.2 Å². The fourth-order valence-corrected chi connectivity index (χ4v) is 6.00. The lowest BCUT2D eigenvalue weighted by atomic mass is 9.84. The third-order valence-corrected chi connectivity index (χ3v) is 8.37. The van der Waals surface area contributed by atoms with Gasteiger partial charge in [0.05, 0.1) is 11.2 Å². The van der Waals surface area contributed by atoms with Crippen molar-refractivity contribution in [1.29, 1.82) is 0 Å². The molecule has 0 aliphatic carbocycles. The van der Waals surface area contributed by atoms with E-state index in [9.17, 15) is 19.5 Å². The lowest BCUT2D eigenvalue weighted by molar-refractivity contribution is -0.145. The lowest BCUT2D eigenvalue weighted by Crippen LogP contribution is -2.58. The quantitative estimate of drug-likeness (QED) is 0.434. The fraction of sp³-hybridized carbons (Fsp3) is 0.281. The standard InChI is InChI=1S/C32H32N4O4/c1-6-31(4,5)36-24-14-10-8-12-21(24)32(40,29(36)39)18-23-28(38)35-16-15-30(2,3)26-20(17-25(35)27(37)34-23)19-11-7-9-13-22(19)33-26/h6-17,23,33,40H,1,18H2,2-5H3,(H,34,37)/t23-,32?/m0/s1. The van der Waals surface area contributed by atoms with Gasteiger partial charge in [-0.25, -0.2) is 0 Å². The number of amides is 3. The minimum Gasteiger partial charge on any atom is -0.375 e. The van der Waals surface area contributed by atoms with Crippen molar-refractivity contribution >= 4 is 40.4 Å². The summed E-state index contributed by atoms with van der Waals surface area (Å²) in [5, 5.41) is 15.6. The first-order valence-corrected chi connectivity index (χ1v) is 13.4. The van der Waals surface area contributed by atoms with Crippen molar-refractivity contribution in [2.24, 2.45) is 0 Å². The average molecular weight is 537 g/mol. The third-order valence-electron chi connectivity index (χ3n) is 8.37. The number of para-hydroxylation sites is 2. The van der Waals surface area contributed by atoms with Gasteiger partial charge < -0.3 is 20.3 Å². The van der Waals surface area contributed by atoms with Crippen molar-refractivity contribution in [2.75, 3.05) is 4.90 Å². The van der Waals surface area contributed by atoms with Gasteiger partial charge in [-0.05, 0) is 32.1 Å². The summed E-state index contributed by atoms with van der Waals surface area (Å²) in [7, 11) is 0. The van der Waals surface area contributed by atoms with Gasteiger partial charge in [0, 0.05) is 45.8 Å². The molecule has 3 N–H and O–H groups in total. The molecular weight excluding hydrogens is 504 g/mol. The zero-order valence-electron chi connectivity index (χ0n) is 23.0. The van der Waals surface area contributed by atoms with Crippen LogP contribution in [0.15, 0.2) is 79.2 Å². The van der Waals surface area contributed by atoms with Crippen LogP contribution >= 0.6 is 0 Å². The Morgan fingerprint density at radius 1 is 1.07 bits per heavy atom. The molecule has 6 rings (SSSR count). The first-order chi connectivity index (χ1) is 18.9. The number of nitrogens with zero attached hydrogens (tertiary/aromatic N) is 2. The molecule has 2 atom stereocenters. The van der Waals surface area contributed by atoms with Crippen LogP contribution in [0, 0.1) is 0 Å². The van der Waals surface area contributed by atoms with Crippen LogP contribution in [-0.4, -0.2) is 44.3 Å². The minimum atomic E-state index is -2.01. The summed E-state index contributed by atoms with van der Waals surface area (Å²) in [6.45, 7) is 11.6. The van der Waals surface area contributed by atoms with E-state index in [2.05, 4.69) is 16.9 Å². The Hall–Kier alpha value is -4.43. The van der Waals surface area contributed by atoms with Gasteiger partial charge >= 0.3 is 0 Å². The molecule has 0 saturated carbocycles. The monoisotopic (exact) mass is 536 g/mol. The van der Waals surface area contributed by atoms with Gasteiger partial charge in [0.2, 0.25) is 0 Å². The van der Waals surface area contributed by atoms with Crippen molar-refractivity contribution < 1.29 is 19.5 Å². The van der Waals surface area contributed by atoms with Crippen molar-refractivity contribution in [2.45, 2.75) is 56.7 Å². The van der Waals surface area contributed by atoms with E-state index in [0.29, 0.717) is 11.3 Å². The molecule has 0 bridgehead atoms. The second-order valence-corrected chi connectivity index (χ2v) is 11.8. The Labute approximate surface area is 232 Å². The zero-order chi connectivity index (χ0) is 28.6.